The van der Waals surface area contributed by atoms with Gasteiger partial charge in [0, 0.05) is 40.3 Å². The molecule has 0 saturated heterocycles. The lowest BCUT2D eigenvalue weighted by Crippen LogP contribution is -2.28. The SMILES string of the molecule is CC.CC(C)=N.Cc1nc(C)nc(-c2ccc3c(c2)c2ccccc2n3-c2cccc(C=O)c2C(=O)N(C)c2cccc(-c3ccccc3)c2)n1. The number of fused-ring (bicyclic) bond motifs is 3. The molecule has 2 heterocycles. The second kappa shape index (κ2) is 16.0. The molecule has 256 valence electrons. The molecule has 0 aliphatic carbocycles. The average molecular weight is 675 g/mol. The number of aromatic nitrogens is 4. The quantitative estimate of drug-likeness (QED) is 0.140. The molecular weight excluding hydrogens is 633 g/mol. The Morgan fingerprint density at radius 2 is 1.29 bits per heavy atom. The van der Waals surface area contributed by atoms with Crippen LogP contribution in [0.1, 0.15) is 60.1 Å². The second-order valence-electron chi connectivity index (χ2n) is 12.0. The van der Waals surface area contributed by atoms with Crippen LogP contribution in [0.3, 0.4) is 0 Å². The maximum atomic E-state index is 14.4. The van der Waals surface area contributed by atoms with Gasteiger partial charge in [-0.05, 0) is 81.3 Å². The van der Waals surface area contributed by atoms with E-state index in [9.17, 15) is 9.59 Å². The van der Waals surface area contributed by atoms with Crippen LogP contribution in [0.5, 0.6) is 0 Å². The van der Waals surface area contributed by atoms with E-state index in [2.05, 4.69) is 31.7 Å². The summed E-state index contributed by atoms with van der Waals surface area (Å²) in [6.07, 6.45) is 0.752. The number of aldehydes is 1. The first-order chi connectivity index (χ1) is 24.7. The maximum absolute atomic E-state index is 14.4. The smallest absolute Gasteiger partial charge is 0.260 e. The fraction of sp³-hybridized carbons (Fsp3) is 0.163. The van der Waals surface area contributed by atoms with Gasteiger partial charge in [-0.3, -0.25) is 9.59 Å². The van der Waals surface area contributed by atoms with Crippen molar-refractivity contribution in [3.8, 4) is 28.2 Å². The number of aryl methyl sites for hydroxylation is 2. The highest BCUT2D eigenvalue weighted by atomic mass is 16.2. The molecule has 8 heteroatoms. The van der Waals surface area contributed by atoms with Crippen LogP contribution in [0.25, 0.3) is 50.0 Å². The number of carbonyl (C=O) groups is 2. The summed E-state index contributed by atoms with van der Waals surface area (Å²) >= 11 is 0. The van der Waals surface area contributed by atoms with Crippen LogP contribution < -0.4 is 4.90 Å². The Labute approximate surface area is 299 Å². The molecule has 0 fully saturated rings. The summed E-state index contributed by atoms with van der Waals surface area (Å²) in [4.78, 5) is 41.9. The van der Waals surface area contributed by atoms with Gasteiger partial charge in [-0.1, -0.05) is 86.6 Å². The highest BCUT2D eigenvalue weighted by molar-refractivity contribution is 6.15. The van der Waals surface area contributed by atoms with Gasteiger partial charge >= 0.3 is 0 Å². The number of anilines is 1. The minimum absolute atomic E-state index is 0.281. The van der Waals surface area contributed by atoms with E-state index >= 15 is 0 Å². The number of para-hydroxylation sites is 1. The number of carbonyl (C=O) groups excluding carboxylic acids is 2. The third kappa shape index (κ3) is 7.65. The molecule has 1 N–H and O–H groups in total. The first-order valence-electron chi connectivity index (χ1n) is 16.9. The van der Waals surface area contributed by atoms with Gasteiger partial charge in [0.15, 0.2) is 12.1 Å². The van der Waals surface area contributed by atoms with Crippen molar-refractivity contribution < 1.29 is 9.59 Å². The molecule has 0 saturated carbocycles. The van der Waals surface area contributed by atoms with Gasteiger partial charge in [0.1, 0.15) is 11.6 Å². The summed E-state index contributed by atoms with van der Waals surface area (Å²) in [5, 5.41) is 8.49. The van der Waals surface area contributed by atoms with E-state index in [1.165, 1.54) is 0 Å². The van der Waals surface area contributed by atoms with Gasteiger partial charge in [0.2, 0.25) is 0 Å². The molecule has 7 rings (SSSR count). The van der Waals surface area contributed by atoms with Crippen molar-refractivity contribution in [2.75, 3.05) is 11.9 Å². The molecule has 0 bridgehead atoms. The van der Waals surface area contributed by atoms with Crippen molar-refractivity contribution in [1.82, 2.24) is 19.5 Å². The Kier molecular flexibility index (Phi) is 11.3. The molecule has 0 unspecified atom stereocenters. The molecule has 7 aromatic rings. The van der Waals surface area contributed by atoms with Gasteiger partial charge in [-0.2, -0.15) is 0 Å². The van der Waals surface area contributed by atoms with E-state index in [1.807, 2.05) is 125 Å². The average Bonchev–Trinajstić information content (AvgIpc) is 3.48. The summed E-state index contributed by atoms with van der Waals surface area (Å²) in [5.41, 5.74) is 7.41. The van der Waals surface area contributed by atoms with Gasteiger partial charge in [0.05, 0.1) is 22.3 Å². The molecular formula is C43H42N6O2. The van der Waals surface area contributed by atoms with Crippen LogP contribution in [-0.4, -0.2) is 44.5 Å². The molecule has 0 atom stereocenters. The van der Waals surface area contributed by atoms with E-state index < -0.39 is 0 Å². The number of hydrogen-bond donors (Lipinski definition) is 1. The fourth-order valence-electron chi connectivity index (χ4n) is 6.00. The summed E-state index contributed by atoms with van der Waals surface area (Å²) in [6.45, 7) is 11.2. The van der Waals surface area contributed by atoms with Gasteiger partial charge in [-0.25, -0.2) is 15.0 Å². The largest absolute Gasteiger partial charge is 0.311 e. The Morgan fingerprint density at radius 1 is 0.686 bits per heavy atom. The predicted octanol–water partition coefficient (Wildman–Crippen LogP) is 10.1. The van der Waals surface area contributed by atoms with E-state index in [0.717, 1.165) is 50.5 Å². The van der Waals surface area contributed by atoms with E-state index in [4.69, 9.17) is 5.41 Å². The zero-order valence-electron chi connectivity index (χ0n) is 30.1. The minimum Gasteiger partial charge on any atom is -0.311 e. The van der Waals surface area contributed by atoms with Crippen molar-refractivity contribution in [1.29, 1.82) is 5.41 Å². The zero-order chi connectivity index (χ0) is 36.7. The van der Waals surface area contributed by atoms with Crippen molar-refractivity contribution in [2.24, 2.45) is 0 Å². The molecule has 5 aromatic carbocycles. The fourth-order valence-corrected chi connectivity index (χ4v) is 6.00. The van der Waals surface area contributed by atoms with Crippen LogP contribution in [0.2, 0.25) is 0 Å². The Bertz CT molecular complexity index is 2340. The van der Waals surface area contributed by atoms with E-state index in [1.54, 1.807) is 31.9 Å². The molecule has 2 aromatic heterocycles. The number of hydrogen-bond acceptors (Lipinski definition) is 6. The van der Waals surface area contributed by atoms with Crippen molar-refractivity contribution in [3.05, 3.63) is 138 Å². The van der Waals surface area contributed by atoms with E-state index in [0.29, 0.717) is 40.0 Å². The first-order valence-corrected chi connectivity index (χ1v) is 16.9. The number of nitrogens with one attached hydrogen (secondary N) is 1. The predicted molar refractivity (Wildman–Crippen MR) is 209 cm³/mol. The second-order valence-corrected chi connectivity index (χ2v) is 12.0. The highest BCUT2D eigenvalue weighted by Gasteiger charge is 2.25. The summed E-state index contributed by atoms with van der Waals surface area (Å²) in [5.74, 6) is 1.65. The van der Waals surface area contributed by atoms with Crippen molar-refractivity contribution in [2.45, 2.75) is 41.5 Å². The normalized spacial score (nSPS) is 10.5. The lowest BCUT2D eigenvalue weighted by Gasteiger charge is -2.22. The molecule has 8 nitrogen and oxygen atoms in total. The standard InChI is InChI=1S/C38H29N5O2.C3H7N.C2H6/c1-24-39-25(2)41-37(40-24)28-19-20-34-32(22-28)31-16-7-8-17-33(31)43(34)35-18-10-14-29(23-44)36(35)38(45)42(3)30-15-9-13-27(21-30)26-11-5-4-6-12-26;1-3(2)4;1-2/h4-23H,1-3H3;4H,1-2H3;1-2H3. The zero-order valence-corrected chi connectivity index (χ0v) is 30.1. The number of rotatable bonds is 6. The number of nitrogens with zero attached hydrogens (tertiary/aromatic N) is 5. The Hall–Kier alpha value is -6.28. The summed E-state index contributed by atoms with van der Waals surface area (Å²) in [7, 11) is 1.74. The first kappa shape index (κ1) is 36.0. The summed E-state index contributed by atoms with van der Waals surface area (Å²) < 4.78 is 2.06. The van der Waals surface area contributed by atoms with Gasteiger partial charge in [-0.15, -0.1) is 0 Å². The third-order valence-corrected chi connectivity index (χ3v) is 8.09. The Morgan fingerprint density at radius 3 is 1.98 bits per heavy atom. The highest BCUT2D eigenvalue weighted by Crippen LogP contribution is 2.36. The lowest BCUT2D eigenvalue weighted by molar-refractivity contribution is 0.0986. The molecule has 0 radical (unpaired) electrons. The van der Waals surface area contributed by atoms with Gasteiger partial charge < -0.3 is 14.9 Å². The lowest BCUT2D eigenvalue weighted by atomic mass is 10.0. The maximum Gasteiger partial charge on any atom is 0.260 e. The molecule has 0 aliphatic rings. The monoisotopic (exact) mass is 674 g/mol. The van der Waals surface area contributed by atoms with Crippen molar-refractivity contribution >= 4 is 45.4 Å². The molecule has 0 spiro atoms. The van der Waals surface area contributed by atoms with Crippen LogP contribution in [0, 0.1) is 19.3 Å². The molecule has 1 amide bonds. The number of benzene rings is 5. The van der Waals surface area contributed by atoms with Crippen molar-refractivity contribution in [3.63, 3.8) is 0 Å². The van der Waals surface area contributed by atoms with E-state index in [-0.39, 0.29) is 5.91 Å². The van der Waals surface area contributed by atoms with Gasteiger partial charge in [0.25, 0.3) is 5.91 Å². The Balaban J connectivity index is 0.000000787. The van der Waals surface area contributed by atoms with Crippen LogP contribution in [-0.2, 0) is 0 Å². The molecule has 51 heavy (non-hydrogen) atoms. The van der Waals surface area contributed by atoms with Crippen LogP contribution in [0.4, 0.5) is 5.69 Å². The molecule has 0 aliphatic heterocycles. The van der Waals surface area contributed by atoms with Crippen LogP contribution >= 0.6 is 0 Å². The minimum atomic E-state index is -0.281. The topological polar surface area (TPSA) is 105 Å². The van der Waals surface area contributed by atoms with Crippen LogP contribution in [0.15, 0.2) is 115 Å². The summed E-state index contributed by atoms with van der Waals surface area (Å²) in [6, 6.07) is 37.4. The third-order valence-electron chi connectivity index (χ3n) is 8.09. The number of amides is 1.